The molecule has 0 radical (unpaired) electrons. The molecule has 0 fully saturated rings. The highest BCUT2D eigenvalue weighted by atomic mass is 79.9. The van der Waals surface area contributed by atoms with Gasteiger partial charge in [-0.3, -0.25) is 4.79 Å². The van der Waals surface area contributed by atoms with Gasteiger partial charge in [-0.1, -0.05) is 6.07 Å². The average molecular weight is 352 g/mol. The molecular formula is C14H14BrN3O3. The number of carboxylic acid groups (broad SMARTS) is 1. The molecule has 110 valence electrons. The van der Waals surface area contributed by atoms with Crippen molar-refractivity contribution in [3.05, 3.63) is 52.0 Å². The van der Waals surface area contributed by atoms with Gasteiger partial charge in [0, 0.05) is 30.0 Å². The highest BCUT2D eigenvalue weighted by molar-refractivity contribution is 9.10. The average Bonchev–Trinajstić information content (AvgIpc) is 2.86. The van der Waals surface area contributed by atoms with Gasteiger partial charge >= 0.3 is 5.97 Å². The zero-order valence-electron chi connectivity index (χ0n) is 11.3. The lowest BCUT2D eigenvalue weighted by molar-refractivity contribution is 0.0690. The van der Waals surface area contributed by atoms with Crippen LogP contribution in [-0.2, 0) is 13.1 Å². The zero-order valence-corrected chi connectivity index (χ0v) is 12.9. The summed E-state index contributed by atoms with van der Waals surface area (Å²) in [5, 5.41) is 11.5. The van der Waals surface area contributed by atoms with Gasteiger partial charge in [-0.15, -0.1) is 0 Å². The van der Waals surface area contributed by atoms with E-state index in [4.69, 9.17) is 5.11 Å². The lowest BCUT2D eigenvalue weighted by atomic mass is 10.2. The molecule has 7 heteroatoms. The summed E-state index contributed by atoms with van der Waals surface area (Å²) < 4.78 is 2.69. The van der Waals surface area contributed by atoms with Crippen LogP contribution in [0, 0.1) is 0 Å². The minimum absolute atomic E-state index is 0.0196. The molecule has 1 amide bonds. The molecule has 0 aliphatic carbocycles. The van der Waals surface area contributed by atoms with Crippen molar-refractivity contribution in [1.82, 2.24) is 14.9 Å². The third-order valence-corrected chi connectivity index (χ3v) is 3.37. The van der Waals surface area contributed by atoms with Gasteiger partial charge in [0.05, 0.1) is 0 Å². The van der Waals surface area contributed by atoms with Crippen molar-refractivity contribution < 1.29 is 14.7 Å². The largest absolute Gasteiger partial charge is 0.477 e. The number of aryl methyl sites for hydroxylation is 1. The van der Waals surface area contributed by atoms with Gasteiger partial charge < -0.3 is 15.0 Å². The second-order valence-electron chi connectivity index (χ2n) is 4.37. The van der Waals surface area contributed by atoms with E-state index in [-0.39, 0.29) is 18.1 Å². The summed E-state index contributed by atoms with van der Waals surface area (Å²) in [5.41, 5.74) is 1.29. The summed E-state index contributed by atoms with van der Waals surface area (Å²) in [7, 11) is 0. The standard InChI is InChI=1S/C14H14BrN3O3/c1-2-18-8-10(15)5-12(18)13(19)17-7-9-3-4-11(14(20)21)16-6-9/h3-6,8H,2,7H2,1H3,(H,17,19)(H,20,21). The van der Waals surface area contributed by atoms with Crippen molar-refractivity contribution in [2.24, 2.45) is 0 Å². The third kappa shape index (κ3) is 3.69. The molecule has 2 N–H and O–H groups in total. The number of carbonyl (C=O) groups excluding carboxylic acids is 1. The number of amides is 1. The molecule has 0 saturated heterocycles. The van der Waals surface area contributed by atoms with E-state index < -0.39 is 5.97 Å². The number of hydrogen-bond donors (Lipinski definition) is 2. The lowest BCUT2D eigenvalue weighted by Crippen LogP contribution is -2.25. The molecular weight excluding hydrogens is 338 g/mol. The van der Waals surface area contributed by atoms with Crippen LogP contribution >= 0.6 is 15.9 Å². The van der Waals surface area contributed by atoms with Gasteiger partial charge in [-0.05, 0) is 40.5 Å². The molecule has 2 heterocycles. The summed E-state index contributed by atoms with van der Waals surface area (Å²) in [5.74, 6) is -1.26. The van der Waals surface area contributed by atoms with Crippen molar-refractivity contribution in [2.75, 3.05) is 0 Å². The van der Waals surface area contributed by atoms with Gasteiger partial charge in [0.15, 0.2) is 0 Å². The summed E-state index contributed by atoms with van der Waals surface area (Å²) >= 11 is 3.34. The molecule has 0 atom stereocenters. The molecule has 2 aromatic rings. The van der Waals surface area contributed by atoms with Crippen LogP contribution in [0.1, 0.15) is 33.5 Å². The van der Waals surface area contributed by atoms with Crippen LogP contribution in [0.2, 0.25) is 0 Å². The minimum atomic E-state index is -1.07. The maximum atomic E-state index is 12.1. The van der Waals surface area contributed by atoms with Gasteiger partial charge in [0.1, 0.15) is 11.4 Å². The molecule has 2 aromatic heterocycles. The molecule has 21 heavy (non-hydrogen) atoms. The summed E-state index contributed by atoms with van der Waals surface area (Å²) in [6.07, 6.45) is 3.29. The Bertz CT molecular complexity index is 665. The third-order valence-electron chi connectivity index (χ3n) is 2.93. The van der Waals surface area contributed by atoms with Crippen molar-refractivity contribution in [3.63, 3.8) is 0 Å². The lowest BCUT2D eigenvalue weighted by Gasteiger charge is -2.07. The van der Waals surface area contributed by atoms with Crippen LogP contribution in [0.5, 0.6) is 0 Å². The first-order valence-electron chi connectivity index (χ1n) is 6.33. The summed E-state index contributed by atoms with van der Waals surface area (Å²) in [6, 6.07) is 4.80. The fourth-order valence-corrected chi connectivity index (χ4v) is 2.32. The number of aromatic nitrogens is 2. The van der Waals surface area contributed by atoms with Gasteiger partial charge in [0.25, 0.3) is 5.91 Å². The van der Waals surface area contributed by atoms with Crippen molar-refractivity contribution in [2.45, 2.75) is 20.0 Å². The molecule has 0 saturated carbocycles. The van der Waals surface area contributed by atoms with Crippen LogP contribution < -0.4 is 5.32 Å². The van der Waals surface area contributed by atoms with Crippen LogP contribution in [0.3, 0.4) is 0 Å². The van der Waals surface area contributed by atoms with E-state index in [1.807, 2.05) is 17.7 Å². The quantitative estimate of drug-likeness (QED) is 0.865. The van der Waals surface area contributed by atoms with Crippen molar-refractivity contribution >= 4 is 27.8 Å². The predicted molar refractivity (Wildman–Crippen MR) is 80.2 cm³/mol. The first-order chi connectivity index (χ1) is 10.0. The topological polar surface area (TPSA) is 84.2 Å². The maximum Gasteiger partial charge on any atom is 0.354 e. The number of halogens is 1. The Morgan fingerprint density at radius 2 is 2.19 bits per heavy atom. The molecule has 0 aliphatic rings. The monoisotopic (exact) mass is 351 g/mol. The number of aromatic carboxylic acids is 1. The summed E-state index contributed by atoms with van der Waals surface area (Å²) in [6.45, 7) is 2.94. The number of nitrogens with zero attached hydrogens (tertiary/aromatic N) is 2. The van der Waals surface area contributed by atoms with Crippen LogP contribution in [-0.4, -0.2) is 26.5 Å². The van der Waals surface area contributed by atoms with E-state index in [0.29, 0.717) is 12.2 Å². The zero-order chi connectivity index (χ0) is 15.4. The second kappa shape index (κ2) is 6.53. The number of pyridine rings is 1. The van der Waals surface area contributed by atoms with E-state index in [2.05, 4.69) is 26.2 Å². The molecule has 0 unspecified atom stereocenters. The number of rotatable bonds is 5. The van der Waals surface area contributed by atoms with Crippen molar-refractivity contribution in [1.29, 1.82) is 0 Å². The normalized spacial score (nSPS) is 10.4. The predicted octanol–water partition coefficient (Wildman–Crippen LogP) is 2.29. The Labute approximate surface area is 129 Å². The SMILES string of the molecule is CCn1cc(Br)cc1C(=O)NCc1ccc(C(=O)O)nc1. The second-order valence-corrected chi connectivity index (χ2v) is 5.28. The molecule has 2 rings (SSSR count). The first-order valence-corrected chi connectivity index (χ1v) is 7.12. The molecule has 0 bridgehead atoms. The van der Waals surface area contributed by atoms with E-state index in [1.54, 1.807) is 12.1 Å². The van der Waals surface area contributed by atoms with Gasteiger partial charge in [0.2, 0.25) is 0 Å². The number of hydrogen-bond acceptors (Lipinski definition) is 3. The fraction of sp³-hybridized carbons (Fsp3) is 0.214. The Morgan fingerprint density at radius 3 is 2.76 bits per heavy atom. The Morgan fingerprint density at radius 1 is 1.43 bits per heavy atom. The van der Waals surface area contributed by atoms with E-state index in [1.165, 1.54) is 12.3 Å². The highest BCUT2D eigenvalue weighted by Gasteiger charge is 2.12. The van der Waals surface area contributed by atoms with E-state index in [9.17, 15) is 9.59 Å². The maximum absolute atomic E-state index is 12.1. The van der Waals surface area contributed by atoms with Gasteiger partial charge in [-0.2, -0.15) is 0 Å². The fourth-order valence-electron chi connectivity index (χ4n) is 1.86. The van der Waals surface area contributed by atoms with E-state index >= 15 is 0 Å². The Hall–Kier alpha value is -2.15. The number of carbonyl (C=O) groups is 2. The van der Waals surface area contributed by atoms with Crippen LogP contribution in [0.25, 0.3) is 0 Å². The van der Waals surface area contributed by atoms with Crippen LogP contribution in [0.15, 0.2) is 35.1 Å². The minimum Gasteiger partial charge on any atom is -0.477 e. The molecule has 6 nitrogen and oxygen atoms in total. The molecule has 0 aromatic carbocycles. The Kier molecular flexibility index (Phi) is 4.74. The highest BCUT2D eigenvalue weighted by Crippen LogP contribution is 2.15. The Balaban J connectivity index is 2.02. The first kappa shape index (κ1) is 15.2. The van der Waals surface area contributed by atoms with Gasteiger partial charge in [-0.25, -0.2) is 9.78 Å². The molecule has 0 aliphatic heterocycles. The molecule has 0 spiro atoms. The smallest absolute Gasteiger partial charge is 0.354 e. The van der Waals surface area contributed by atoms with Crippen molar-refractivity contribution in [3.8, 4) is 0 Å². The number of nitrogens with one attached hydrogen (secondary N) is 1. The number of carboxylic acids is 1. The van der Waals surface area contributed by atoms with Crippen LogP contribution in [0.4, 0.5) is 0 Å². The summed E-state index contributed by atoms with van der Waals surface area (Å²) in [4.78, 5) is 26.6. The van der Waals surface area contributed by atoms with E-state index in [0.717, 1.165) is 10.0 Å².